The van der Waals surface area contributed by atoms with E-state index >= 15 is 0 Å². The molecule has 1 heterocycles. The summed E-state index contributed by atoms with van der Waals surface area (Å²) in [5.41, 5.74) is 9.59. The monoisotopic (exact) mass is 270 g/mol. The van der Waals surface area contributed by atoms with Gasteiger partial charge in [0.2, 0.25) is 0 Å². The van der Waals surface area contributed by atoms with Gasteiger partial charge in [-0.1, -0.05) is 30.3 Å². The number of halogens is 1. The molecule has 1 unspecified atom stereocenters. The molecule has 2 nitrogen and oxygen atoms in total. The van der Waals surface area contributed by atoms with E-state index in [4.69, 9.17) is 5.73 Å². The summed E-state index contributed by atoms with van der Waals surface area (Å²) in [6.45, 7) is 2.87. The van der Waals surface area contributed by atoms with Gasteiger partial charge in [-0.15, -0.1) is 0 Å². The lowest BCUT2D eigenvalue weighted by atomic mass is 9.96. The molecule has 0 aliphatic carbocycles. The van der Waals surface area contributed by atoms with Crippen LogP contribution in [-0.2, 0) is 13.0 Å². The average Bonchev–Trinajstić information content (AvgIpc) is 2.46. The van der Waals surface area contributed by atoms with Gasteiger partial charge in [0.25, 0.3) is 0 Å². The summed E-state index contributed by atoms with van der Waals surface area (Å²) in [6.07, 6.45) is 2.22. The molecule has 0 saturated heterocycles. The van der Waals surface area contributed by atoms with Gasteiger partial charge in [0.05, 0.1) is 5.69 Å². The first-order chi connectivity index (χ1) is 9.66. The van der Waals surface area contributed by atoms with Gasteiger partial charge in [0.15, 0.2) is 0 Å². The molecule has 0 radical (unpaired) electrons. The minimum atomic E-state index is -0.333. The minimum absolute atomic E-state index is 0.266. The third-order valence-electron chi connectivity index (χ3n) is 4.15. The number of nitrogens with zero attached hydrogens (tertiary/aromatic N) is 1. The lowest BCUT2D eigenvalue weighted by Crippen LogP contribution is -2.36. The van der Waals surface area contributed by atoms with Crippen LogP contribution in [0.5, 0.6) is 0 Å². The van der Waals surface area contributed by atoms with Crippen molar-refractivity contribution in [2.45, 2.75) is 32.4 Å². The molecule has 1 atom stereocenters. The smallest absolute Gasteiger partial charge is 0.146 e. The number of anilines is 2. The Labute approximate surface area is 119 Å². The molecule has 0 fully saturated rings. The molecule has 1 aliphatic heterocycles. The van der Waals surface area contributed by atoms with Crippen LogP contribution in [0.4, 0.5) is 15.8 Å². The molecule has 2 aromatic rings. The maximum atomic E-state index is 13.6. The molecule has 0 spiro atoms. The molecule has 104 valence electrons. The molecule has 20 heavy (non-hydrogen) atoms. The number of benzene rings is 2. The number of nitrogen functional groups attached to an aromatic ring is 1. The molecule has 2 aromatic carbocycles. The van der Waals surface area contributed by atoms with Crippen molar-refractivity contribution in [2.75, 3.05) is 10.6 Å². The van der Waals surface area contributed by atoms with Crippen LogP contribution >= 0.6 is 0 Å². The summed E-state index contributed by atoms with van der Waals surface area (Å²) in [5.74, 6) is -0.333. The highest BCUT2D eigenvalue weighted by atomic mass is 19.1. The number of hydrogen-bond donors (Lipinski definition) is 1. The Balaban J connectivity index is 1.96. The van der Waals surface area contributed by atoms with E-state index in [1.54, 1.807) is 6.07 Å². The largest absolute Gasteiger partial charge is 0.396 e. The average molecular weight is 270 g/mol. The Bertz CT molecular complexity index is 624. The number of para-hydroxylation sites is 2. The predicted octanol–water partition coefficient (Wildman–Crippen LogP) is 3.75. The highest BCUT2D eigenvalue weighted by Crippen LogP contribution is 2.32. The SMILES string of the molecule is CC1CCc2ccccc2N1Cc1cccc(F)c1N. The molecular formula is C17H19FN2. The molecule has 0 saturated carbocycles. The molecule has 0 amide bonds. The number of rotatable bonds is 2. The summed E-state index contributed by atoms with van der Waals surface area (Å²) in [6, 6.07) is 13.9. The van der Waals surface area contributed by atoms with Gasteiger partial charge in [-0.3, -0.25) is 0 Å². The van der Waals surface area contributed by atoms with Crippen LogP contribution < -0.4 is 10.6 Å². The topological polar surface area (TPSA) is 29.3 Å². The number of fused-ring (bicyclic) bond motifs is 1. The lowest BCUT2D eigenvalue weighted by Gasteiger charge is -2.37. The Morgan fingerprint density at radius 3 is 2.85 bits per heavy atom. The van der Waals surface area contributed by atoms with Gasteiger partial charge < -0.3 is 10.6 Å². The van der Waals surface area contributed by atoms with Crippen molar-refractivity contribution in [1.29, 1.82) is 0 Å². The zero-order valence-corrected chi connectivity index (χ0v) is 11.6. The highest BCUT2D eigenvalue weighted by Gasteiger charge is 2.23. The number of nitrogens with two attached hydrogens (primary N) is 1. The van der Waals surface area contributed by atoms with Crippen molar-refractivity contribution in [3.8, 4) is 0 Å². The first-order valence-electron chi connectivity index (χ1n) is 7.04. The number of hydrogen-bond acceptors (Lipinski definition) is 2. The van der Waals surface area contributed by atoms with E-state index in [1.165, 1.54) is 17.3 Å². The predicted molar refractivity (Wildman–Crippen MR) is 81.2 cm³/mol. The van der Waals surface area contributed by atoms with E-state index in [-0.39, 0.29) is 11.5 Å². The molecule has 2 N–H and O–H groups in total. The molecule has 0 bridgehead atoms. The summed E-state index contributed by atoms with van der Waals surface area (Å²) in [5, 5.41) is 0. The third kappa shape index (κ3) is 2.24. The van der Waals surface area contributed by atoms with E-state index in [9.17, 15) is 4.39 Å². The van der Waals surface area contributed by atoms with Crippen LogP contribution in [0, 0.1) is 5.82 Å². The van der Waals surface area contributed by atoms with Crippen molar-refractivity contribution < 1.29 is 4.39 Å². The lowest BCUT2D eigenvalue weighted by molar-refractivity contribution is 0.559. The maximum absolute atomic E-state index is 13.6. The summed E-state index contributed by atoms with van der Waals surface area (Å²) in [7, 11) is 0. The van der Waals surface area contributed by atoms with Gasteiger partial charge >= 0.3 is 0 Å². The van der Waals surface area contributed by atoms with Crippen LogP contribution in [0.3, 0.4) is 0 Å². The summed E-state index contributed by atoms with van der Waals surface area (Å²) < 4.78 is 13.6. The van der Waals surface area contributed by atoms with E-state index in [0.29, 0.717) is 12.6 Å². The third-order valence-corrected chi connectivity index (χ3v) is 4.15. The van der Waals surface area contributed by atoms with Crippen LogP contribution in [-0.4, -0.2) is 6.04 Å². The van der Waals surface area contributed by atoms with Crippen LogP contribution in [0.1, 0.15) is 24.5 Å². The first-order valence-corrected chi connectivity index (χ1v) is 7.04. The fraction of sp³-hybridized carbons (Fsp3) is 0.294. The van der Waals surface area contributed by atoms with Gasteiger partial charge in [0, 0.05) is 18.3 Å². The van der Waals surface area contributed by atoms with Crippen LogP contribution in [0.15, 0.2) is 42.5 Å². The Hall–Kier alpha value is -2.03. The summed E-state index contributed by atoms with van der Waals surface area (Å²) >= 11 is 0. The van der Waals surface area contributed by atoms with Crippen molar-refractivity contribution in [3.05, 3.63) is 59.4 Å². The van der Waals surface area contributed by atoms with Crippen molar-refractivity contribution in [3.63, 3.8) is 0 Å². The second kappa shape index (κ2) is 5.16. The normalized spacial score (nSPS) is 17.9. The molecule has 3 rings (SSSR count). The maximum Gasteiger partial charge on any atom is 0.146 e. The van der Waals surface area contributed by atoms with E-state index in [2.05, 4.69) is 36.1 Å². The first kappa shape index (κ1) is 13.0. The van der Waals surface area contributed by atoms with E-state index in [0.717, 1.165) is 18.4 Å². The molecular weight excluding hydrogens is 251 g/mol. The standard InChI is InChI=1S/C17H19FN2/c1-12-9-10-13-5-2-3-8-16(13)20(12)11-14-6-4-7-15(18)17(14)19/h2-8,12H,9-11,19H2,1H3. The minimum Gasteiger partial charge on any atom is -0.396 e. The fourth-order valence-corrected chi connectivity index (χ4v) is 2.90. The quantitative estimate of drug-likeness (QED) is 0.842. The van der Waals surface area contributed by atoms with Gasteiger partial charge in [-0.2, -0.15) is 0 Å². The Morgan fingerprint density at radius 2 is 2.00 bits per heavy atom. The van der Waals surface area contributed by atoms with Gasteiger partial charge in [0.1, 0.15) is 5.82 Å². The zero-order chi connectivity index (χ0) is 14.1. The zero-order valence-electron chi connectivity index (χ0n) is 11.6. The summed E-state index contributed by atoms with van der Waals surface area (Å²) in [4.78, 5) is 2.32. The Kier molecular flexibility index (Phi) is 3.35. The Morgan fingerprint density at radius 1 is 1.20 bits per heavy atom. The second-order valence-corrected chi connectivity index (χ2v) is 5.46. The molecule has 0 aromatic heterocycles. The molecule has 3 heteroatoms. The van der Waals surface area contributed by atoms with E-state index in [1.807, 2.05) is 6.07 Å². The molecule has 1 aliphatic rings. The van der Waals surface area contributed by atoms with Crippen LogP contribution in [0.2, 0.25) is 0 Å². The van der Waals surface area contributed by atoms with Gasteiger partial charge in [-0.25, -0.2) is 4.39 Å². The van der Waals surface area contributed by atoms with Crippen LogP contribution in [0.25, 0.3) is 0 Å². The fourth-order valence-electron chi connectivity index (χ4n) is 2.90. The highest BCUT2D eigenvalue weighted by molar-refractivity contribution is 5.58. The van der Waals surface area contributed by atoms with Crippen molar-refractivity contribution in [1.82, 2.24) is 0 Å². The second-order valence-electron chi connectivity index (χ2n) is 5.46. The van der Waals surface area contributed by atoms with E-state index < -0.39 is 0 Å². The van der Waals surface area contributed by atoms with Crippen molar-refractivity contribution in [2.24, 2.45) is 0 Å². The number of aryl methyl sites for hydroxylation is 1. The van der Waals surface area contributed by atoms with Crippen molar-refractivity contribution >= 4 is 11.4 Å². The van der Waals surface area contributed by atoms with Gasteiger partial charge in [-0.05, 0) is 43.0 Å².